The third-order valence-electron chi connectivity index (χ3n) is 8.58. The molecule has 2 heterocycles. The molecule has 1 amide bonds. The van der Waals surface area contributed by atoms with Crippen LogP contribution >= 0.6 is 0 Å². The van der Waals surface area contributed by atoms with E-state index in [1.54, 1.807) is 52.0 Å². The van der Waals surface area contributed by atoms with Crippen molar-refractivity contribution in [2.45, 2.75) is 62.7 Å². The van der Waals surface area contributed by atoms with Gasteiger partial charge in [-0.05, 0) is 85.7 Å². The maximum absolute atomic E-state index is 14.5. The fraction of sp³-hybridized carbons (Fsp3) is 0.406. The minimum Gasteiger partial charge on any atom is -0.482 e. The van der Waals surface area contributed by atoms with Crippen molar-refractivity contribution in [3.8, 4) is 5.75 Å². The van der Waals surface area contributed by atoms with Crippen LogP contribution in [0.4, 0.5) is 18.9 Å². The van der Waals surface area contributed by atoms with Gasteiger partial charge in [-0.2, -0.15) is 21.8 Å². The Hall–Kier alpha value is -3.50. The third-order valence-corrected chi connectivity index (χ3v) is 12.6. The van der Waals surface area contributed by atoms with Crippen LogP contribution in [-0.4, -0.2) is 76.5 Å². The number of morpholine rings is 1. The van der Waals surface area contributed by atoms with Gasteiger partial charge in [-0.1, -0.05) is 30.3 Å². The summed E-state index contributed by atoms with van der Waals surface area (Å²) in [5, 5.41) is 2.52. The number of hydrogen-bond donors (Lipinski definition) is 1. The highest BCUT2D eigenvalue weighted by atomic mass is 32.2. The number of fused-ring (bicyclic) bond motifs is 1. The van der Waals surface area contributed by atoms with Crippen molar-refractivity contribution < 1.29 is 44.3 Å². The second-order valence-electron chi connectivity index (χ2n) is 11.7. The van der Waals surface area contributed by atoms with Crippen LogP contribution in [0.15, 0.2) is 58.3 Å². The second-order valence-corrected chi connectivity index (χ2v) is 15.5. The number of nitrogens with one attached hydrogen (secondary N) is 1. The zero-order valence-corrected chi connectivity index (χ0v) is 28.0. The number of carbonyl (C=O) groups excluding carboxylic acids is 1. The summed E-state index contributed by atoms with van der Waals surface area (Å²) in [5.74, 6) is -1.29. The molecule has 1 saturated heterocycles. The van der Waals surface area contributed by atoms with Crippen molar-refractivity contribution in [1.82, 2.24) is 8.61 Å². The quantitative estimate of drug-likeness (QED) is 0.365. The number of hydrogen-bond acceptors (Lipinski definition) is 7. The van der Waals surface area contributed by atoms with E-state index in [4.69, 9.17) is 9.47 Å². The molecule has 2 aliphatic heterocycles. The van der Waals surface area contributed by atoms with Gasteiger partial charge in [-0.15, -0.1) is 0 Å². The molecule has 3 aromatic rings. The van der Waals surface area contributed by atoms with Gasteiger partial charge < -0.3 is 14.8 Å². The lowest BCUT2D eigenvalue weighted by Crippen LogP contribution is -2.50. The second kappa shape index (κ2) is 13.2. The Morgan fingerprint density at radius 2 is 1.53 bits per heavy atom. The van der Waals surface area contributed by atoms with Gasteiger partial charge in [0.05, 0.1) is 28.7 Å². The highest BCUT2D eigenvalue weighted by Crippen LogP contribution is 2.36. The first-order valence-corrected chi connectivity index (χ1v) is 17.8. The number of halogens is 3. The number of sulfonamides is 2. The van der Waals surface area contributed by atoms with Gasteiger partial charge in [0, 0.05) is 19.6 Å². The molecule has 47 heavy (non-hydrogen) atoms. The number of alkyl halides is 3. The number of benzene rings is 3. The summed E-state index contributed by atoms with van der Waals surface area (Å²) in [5.41, 5.74) is 3.68. The van der Waals surface area contributed by atoms with Crippen LogP contribution in [0.25, 0.3) is 0 Å². The summed E-state index contributed by atoms with van der Waals surface area (Å²) in [7, 11) is -8.42. The van der Waals surface area contributed by atoms with E-state index in [0.29, 0.717) is 16.7 Å². The molecule has 2 aliphatic rings. The molecule has 3 aromatic carbocycles. The average Bonchev–Trinajstić information content (AvgIpc) is 3.02. The highest BCUT2D eigenvalue weighted by molar-refractivity contribution is 7.89. The molecule has 0 aliphatic carbocycles. The lowest BCUT2D eigenvalue weighted by atomic mass is 9.95. The zero-order chi connectivity index (χ0) is 34.3. The summed E-state index contributed by atoms with van der Waals surface area (Å²) in [6.45, 7) is 5.65. The molecule has 5 rings (SSSR count). The summed E-state index contributed by atoms with van der Waals surface area (Å²) >= 11 is 0. The fourth-order valence-electron chi connectivity index (χ4n) is 5.86. The molecule has 0 spiro atoms. The van der Waals surface area contributed by atoms with Gasteiger partial charge in [0.1, 0.15) is 11.8 Å². The molecular formula is C32H36F3N3O7S2. The fourth-order valence-corrected chi connectivity index (χ4v) is 9.44. The van der Waals surface area contributed by atoms with Crippen LogP contribution < -0.4 is 10.1 Å². The van der Waals surface area contributed by atoms with Crippen molar-refractivity contribution in [2.24, 2.45) is 0 Å². The first-order chi connectivity index (χ1) is 22.0. The van der Waals surface area contributed by atoms with Gasteiger partial charge in [0.25, 0.3) is 0 Å². The van der Waals surface area contributed by atoms with E-state index in [2.05, 4.69) is 5.32 Å². The van der Waals surface area contributed by atoms with Crippen LogP contribution in [0.1, 0.15) is 33.4 Å². The predicted molar refractivity (Wildman–Crippen MR) is 168 cm³/mol. The zero-order valence-electron chi connectivity index (χ0n) is 26.3. The molecule has 0 saturated carbocycles. The number of ether oxygens (including phenoxy) is 2. The smallest absolute Gasteiger partial charge is 0.422 e. The van der Waals surface area contributed by atoms with Gasteiger partial charge in [-0.3, -0.25) is 4.79 Å². The number of carbonyl (C=O) groups is 1. The normalized spacial score (nSPS) is 18.1. The molecule has 1 fully saturated rings. The monoisotopic (exact) mass is 695 g/mol. The maximum Gasteiger partial charge on any atom is 0.422 e. The SMILES string of the molecule is Cc1cc(C)c(C)c(S(=O)(=O)N2Cc3ccccc3CC2C(=O)Nc2cc(S(=O)(=O)N3CCOCC3)ccc2OCC(F)(F)F)c1C. The largest absolute Gasteiger partial charge is 0.482 e. The van der Waals surface area contributed by atoms with Crippen molar-refractivity contribution in [2.75, 3.05) is 38.2 Å². The van der Waals surface area contributed by atoms with E-state index in [1.807, 2.05) is 6.07 Å². The highest BCUT2D eigenvalue weighted by Gasteiger charge is 2.41. The Labute approximate surface area is 272 Å². The maximum atomic E-state index is 14.5. The Morgan fingerprint density at radius 3 is 2.15 bits per heavy atom. The summed E-state index contributed by atoms with van der Waals surface area (Å²) < 4.78 is 108. The molecule has 1 unspecified atom stereocenters. The lowest BCUT2D eigenvalue weighted by molar-refractivity contribution is -0.153. The lowest BCUT2D eigenvalue weighted by Gasteiger charge is -2.36. The van der Waals surface area contributed by atoms with E-state index in [1.165, 1.54) is 4.31 Å². The number of amides is 1. The van der Waals surface area contributed by atoms with Crippen LogP contribution in [-0.2, 0) is 42.5 Å². The Bertz CT molecular complexity index is 1880. The number of aryl methyl sites for hydroxylation is 2. The topological polar surface area (TPSA) is 122 Å². The van der Waals surface area contributed by atoms with Crippen molar-refractivity contribution in [3.63, 3.8) is 0 Å². The summed E-state index contributed by atoms with van der Waals surface area (Å²) in [6.07, 6.45) is -4.76. The summed E-state index contributed by atoms with van der Waals surface area (Å²) in [4.78, 5) is 13.9. The van der Waals surface area contributed by atoms with Crippen LogP contribution in [0.2, 0.25) is 0 Å². The molecule has 254 valence electrons. The molecular weight excluding hydrogens is 659 g/mol. The predicted octanol–water partition coefficient (Wildman–Crippen LogP) is 4.64. The van der Waals surface area contributed by atoms with Crippen molar-refractivity contribution in [1.29, 1.82) is 0 Å². The van der Waals surface area contributed by atoms with E-state index in [9.17, 15) is 34.8 Å². The molecule has 1 N–H and O–H groups in total. The Morgan fingerprint density at radius 1 is 0.915 bits per heavy atom. The number of rotatable bonds is 8. The van der Waals surface area contributed by atoms with Gasteiger partial charge >= 0.3 is 6.18 Å². The third kappa shape index (κ3) is 7.18. The van der Waals surface area contributed by atoms with Crippen LogP contribution in [0.5, 0.6) is 5.75 Å². The van der Waals surface area contributed by atoms with Crippen molar-refractivity contribution >= 4 is 31.6 Å². The van der Waals surface area contributed by atoms with Gasteiger partial charge in [0.2, 0.25) is 26.0 Å². The molecule has 0 radical (unpaired) electrons. The minimum atomic E-state index is -4.72. The van der Waals surface area contributed by atoms with Crippen LogP contribution in [0, 0.1) is 27.7 Å². The molecule has 0 aromatic heterocycles. The first kappa shape index (κ1) is 34.8. The molecule has 15 heteroatoms. The summed E-state index contributed by atoms with van der Waals surface area (Å²) in [6, 6.07) is 10.8. The minimum absolute atomic E-state index is 0.0331. The molecule has 10 nitrogen and oxygen atoms in total. The average molecular weight is 696 g/mol. The number of nitrogens with zero attached hydrogens (tertiary/aromatic N) is 2. The Kier molecular flexibility index (Phi) is 9.77. The molecule has 0 bridgehead atoms. The van der Waals surface area contributed by atoms with E-state index < -0.39 is 50.5 Å². The number of anilines is 1. The first-order valence-electron chi connectivity index (χ1n) is 14.9. The van der Waals surface area contributed by atoms with Gasteiger partial charge in [0.15, 0.2) is 6.61 Å². The van der Waals surface area contributed by atoms with Crippen LogP contribution in [0.3, 0.4) is 0 Å². The van der Waals surface area contributed by atoms with E-state index >= 15 is 0 Å². The van der Waals surface area contributed by atoms with Crippen molar-refractivity contribution in [3.05, 3.63) is 81.9 Å². The van der Waals surface area contributed by atoms with Gasteiger partial charge in [-0.25, -0.2) is 16.8 Å². The Balaban J connectivity index is 1.57. The molecule has 1 atom stereocenters. The van der Waals surface area contributed by atoms with E-state index in [0.717, 1.165) is 39.2 Å². The van der Waals surface area contributed by atoms with E-state index in [-0.39, 0.29) is 54.7 Å². The standard InChI is InChI=1S/C32H36F3N3O7S2/c1-20-15-21(2)23(4)30(22(20)3)47(42,43)38-18-25-8-6-5-7-24(25)16-28(38)31(39)36-27-17-26(9-10-29(27)45-19-32(33,34)35)46(40,41)37-11-13-44-14-12-37/h5-10,15,17,28H,11-14,16,18-19H2,1-4H3,(H,36,39).